The summed E-state index contributed by atoms with van der Waals surface area (Å²) in [7, 11) is 1.84. The minimum Gasteiger partial charge on any atom is -0.462 e. The Hall–Kier alpha value is -1.18. The maximum absolute atomic E-state index is 11.7. The number of carbonyl (C=O) groups excluding carboxylic acids is 1. The van der Waals surface area contributed by atoms with Crippen molar-refractivity contribution in [2.45, 2.75) is 13.8 Å². The van der Waals surface area contributed by atoms with Crippen LogP contribution in [-0.2, 0) is 11.8 Å². The lowest BCUT2D eigenvalue weighted by Gasteiger charge is -2.05. The van der Waals surface area contributed by atoms with Crippen LogP contribution < -0.4 is 0 Å². The molecule has 0 fully saturated rings. The number of ether oxygens (including phenoxy) is 1. The van der Waals surface area contributed by atoms with Crippen molar-refractivity contribution < 1.29 is 9.53 Å². The molecule has 2 aromatic heterocycles. The molecule has 2 heterocycles. The van der Waals surface area contributed by atoms with Crippen LogP contribution in [0.3, 0.4) is 0 Å². The van der Waals surface area contributed by atoms with E-state index in [1.807, 2.05) is 14.0 Å². The Labute approximate surface area is 112 Å². The van der Waals surface area contributed by atoms with Gasteiger partial charge in [0.15, 0.2) is 5.65 Å². The number of fused-ring (bicyclic) bond motifs is 1. The quantitative estimate of drug-likeness (QED) is 0.618. The van der Waals surface area contributed by atoms with Crippen molar-refractivity contribution in [1.29, 1.82) is 0 Å². The summed E-state index contributed by atoms with van der Waals surface area (Å²) in [6, 6.07) is 0. The molecule has 0 unspecified atom stereocenters. The third-order valence-corrected chi connectivity index (χ3v) is 3.58. The van der Waals surface area contributed by atoms with Gasteiger partial charge in [0.05, 0.1) is 23.3 Å². The highest BCUT2D eigenvalue weighted by Gasteiger charge is 2.18. The van der Waals surface area contributed by atoms with Gasteiger partial charge in [0, 0.05) is 16.8 Å². The Bertz CT molecular complexity index is 592. The van der Waals surface area contributed by atoms with Crippen molar-refractivity contribution in [2.24, 2.45) is 7.05 Å². The molecule has 0 aliphatic carbocycles. The Kier molecular flexibility index (Phi) is 3.32. The molecule has 2 rings (SSSR count). The van der Waals surface area contributed by atoms with Crippen molar-refractivity contribution in [1.82, 2.24) is 14.8 Å². The predicted octanol–water partition coefficient (Wildman–Crippen LogP) is 2.06. The summed E-state index contributed by atoms with van der Waals surface area (Å²) in [4.78, 5) is 16.0. The highest BCUT2D eigenvalue weighted by Crippen LogP contribution is 2.25. The fourth-order valence-corrected chi connectivity index (χ4v) is 2.71. The third kappa shape index (κ3) is 2.01. The second kappa shape index (κ2) is 4.59. The molecule has 0 aliphatic heterocycles. The van der Waals surface area contributed by atoms with E-state index in [9.17, 15) is 4.79 Å². The number of hydrogen-bond donors (Lipinski definition) is 0. The highest BCUT2D eigenvalue weighted by atomic mass is 127. The van der Waals surface area contributed by atoms with Gasteiger partial charge in [-0.05, 0) is 36.4 Å². The number of aromatic nitrogens is 3. The molecule has 0 radical (unpaired) electrons. The molecule has 0 saturated heterocycles. The van der Waals surface area contributed by atoms with E-state index < -0.39 is 0 Å². The molecule has 0 saturated carbocycles. The number of nitrogens with zero attached hydrogens (tertiary/aromatic N) is 3. The molecule has 2 aromatic rings. The first-order valence-corrected chi connectivity index (χ1v) is 6.29. The molecule has 0 atom stereocenters. The molecule has 0 N–H and O–H groups in total. The normalized spacial score (nSPS) is 10.8. The minimum absolute atomic E-state index is 0.338. The van der Waals surface area contributed by atoms with Crippen molar-refractivity contribution in [2.75, 3.05) is 6.61 Å². The zero-order valence-electron chi connectivity index (χ0n) is 9.82. The van der Waals surface area contributed by atoms with Gasteiger partial charge in [0.1, 0.15) is 0 Å². The number of carbonyl (C=O) groups is 1. The summed E-state index contributed by atoms with van der Waals surface area (Å²) in [6.45, 7) is 4.05. The number of rotatable bonds is 2. The van der Waals surface area contributed by atoms with E-state index in [-0.39, 0.29) is 5.97 Å². The summed E-state index contributed by atoms with van der Waals surface area (Å²) in [5.74, 6) is -0.338. The molecule has 90 valence electrons. The van der Waals surface area contributed by atoms with Crippen LogP contribution in [0.2, 0.25) is 0 Å². The van der Waals surface area contributed by atoms with Gasteiger partial charge in [0.2, 0.25) is 0 Å². The molecular formula is C11H12IN3O2. The number of halogens is 1. The summed E-state index contributed by atoms with van der Waals surface area (Å²) >= 11 is 2.14. The topological polar surface area (TPSA) is 57.0 Å². The first kappa shape index (κ1) is 12.3. The van der Waals surface area contributed by atoms with E-state index in [2.05, 4.69) is 32.7 Å². The average molecular weight is 345 g/mol. The van der Waals surface area contributed by atoms with Crippen LogP contribution in [-0.4, -0.2) is 27.3 Å². The number of pyridine rings is 1. The lowest BCUT2D eigenvalue weighted by atomic mass is 10.2. The van der Waals surface area contributed by atoms with Gasteiger partial charge in [-0.2, -0.15) is 5.10 Å². The Morgan fingerprint density at radius 3 is 2.94 bits per heavy atom. The lowest BCUT2D eigenvalue weighted by Crippen LogP contribution is -2.08. The van der Waals surface area contributed by atoms with E-state index >= 15 is 0 Å². The average Bonchev–Trinajstić information content (AvgIpc) is 2.56. The summed E-state index contributed by atoms with van der Waals surface area (Å²) < 4.78 is 7.55. The smallest absolute Gasteiger partial charge is 0.340 e. The van der Waals surface area contributed by atoms with Gasteiger partial charge >= 0.3 is 5.97 Å². The summed E-state index contributed by atoms with van der Waals surface area (Å²) in [5.41, 5.74) is 2.14. The SMILES string of the molecule is CCOC(=O)c1cnc2c(c(C)nn2C)c1I. The van der Waals surface area contributed by atoms with Gasteiger partial charge < -0.3 is 4.74 Å². The van der Waals surface area contributed by atoms with Gasteiger partial charge in [-0.1, -0.05) is 0 Å². The van der Waals surface area contributed by atoms with Crippen LogP contribution in [0.1, 0.15) is 23.0 Å². The second-order valence-corrected chi connectivity index (χ2v) is 4.69. The van der Waals surface area contributed by atoms with Gasteiger partial charge in [-0.25, -0.2) is 9.78 Å². The van der Waals surface area contributed by atoms with Crippen LogP contribution in [0.5, 0.6) is 0 Å². The first-order valence-electron chi connectivity index (χ1n) is 5.21. The molecule has 0 spiro atoms. The van der Waals surface area contributed by atoms with Gasteiger partial charge in [-0.15, -0.1) is 0 Å². The van der Waals surface area contributed by atoms with Crippen molar-refractivity contribution >= 4 is 39.6 Å². The molecule has 6 heteroatoms. The molecule has 17 heavy (non-hydrogen) atoms. The van der Waals surface area contributed by atoms with E-state index in [0.717, 1.165) is 20.3 Å². The number of esters is 1. The number of hydrogen-bond acceptors (Lipinski definition) is 4. The van der Waals surface area contributed by atoms with E-state index in [1.54, 1.807) is 17.8 Å². The molecule has 0 bridgehead atoms. The molecule has 0 aromatic carbocycles. The first-order chi connectivity index (χ1) is 8.06. The highest BCUT2D eigenvalue weighted by molar-refractivity contribution is 14.1. The second-order valence-electron chi connectivity index (χ2n) is 3.61. The maximum atomic E-state index is 11.7. The van der Waals surface area contributed by atoms with Crippen molar-refractivity contribution in [3.05, 3.63) is 21.0 Å². The largest absolute Gasteiger partial charge is 0.462 e. The van der Waals surface area contributed by atoms with Crippen molar-refractivity contribution in [3.8, 4) is 0 Å². The molecule has 0 amide bonds. The molecule has 5 nitrogen and oxygen atoms in total. The molecular weight excluding hydrogens is 333 g/mol. The van der Waals surface area contributed by atoms with Crippen LogP contribution in [0.15, 0.2) is 6.20 Å². The standard InChI is InChI=1S/C11H12IN3O2/c1-4-17-11(16)7-5-13-10-8(9(7)12)6(2)14-15(10)3/h5H,4H2,1-3H3. The van der Waals surface area contributed by atoms with E-state index in [0.29, 0.717) is 12.2 Å². The van der Waals surface area contributed by atoms with E-state index in [4.69, 9.17) is 4.74 Å². The van der Waals surface area contributed by atoms with Crippen LogP contribution in [0.25, 0.3) is 11.0 Å². The van der Waals surface area contributed by atoms with Crippen molar-refractivity contribution in [3.63, 3.8) is 0 Å². The summed E-state index contributed by atoms with van der Waals surface area (Å²) in [6.07, 6.45) is 1.54. The monoisotopic (exact) mass is 345 g/mol. The minimum atomic E-state index is -0.338. The van der Waals surface area contributed by atoms with Crippen LogP contribution >= 0.6 is 22.6 Å². The Balaban J connectivity index is 2.65. The Morgan fingerprint density at radius 2 is 2.29 bits per heavy atom. The maximum Gasteiger partial charge on any atom is 0.340 e. The fourth-order valence-electron chi connectivity index (χ4n) is 1.72. The Morgan fingerprint density at radius 1 is 1.59 bits per heavy atom. The predicted molar refractivity (Wildman–Crippen MR) is 71.9 cm³/mol. The zero-order chi connectivity index (χ0) is 12.6. The van der Waals surface area contributed by atoms with Gasteiger partial charge in [0.25, 0.3) is 0 Å². The fraction of sp³-hybridized carbons (Fsp3) is 0.364. The van der Waals surface area contributed by atoms with Crippen LogP contribution in [0.4, 0.5) is 0 Å². The van der Waals surface area contributed by atoms with E-state index in [1.165, 1.54) is 0 Å². The zero-order valence-corrected chi connectivity index (χ0v) is 12.0. The van der Waals surface area contributed by atoms with Crippen LogP contribution in [0, 0.1) is 10.5 Å². The molecule has 0 aliphatic rings. The summed E-state index contributed by atoms with van der Waals surface area (Å²) in [5, 5.41) is 5.21. The lowest BCUT2D eigenvalue weighted by molar-refractivity contribution is 0.0525. The van der Waals surface area contributed by atoms with Gasteiger partial charge in [-0.3, -0.25) is 4.68 Å². The number of aryl methyl sites for hydroxylation is 2. The third-order valence-electron chi connectivity index (χ3n) is 2.46.